The van der Waals surface area contributed by atoms with E-state index in [1.807, 2.05) is 32.8 Å². The van der Waals surface area contributed by atoms with Crippen LogP contribution in [-0.4, -0.2) is 57.6 Å². The Balaban J connectivity index is 4.67. The second kappa shape index (κ2) is 6.55. The molecule has 0 aliphatic heterocycles. The molecule has 0 saturated carbocycles. The second-order valence-electron chi connectivity index (χ2n) is 7.78. The fraction of sp³-hybridized carbons (Fsp3) is 1.00. The normalized spacial score (nSPS) is 14.4. The quantitative estimate of drug-likeness (QED) is 0.723. The molecule has 0 amide bonds. The molecule has 0 radical (unpaired) electrons. The van der Waals surface area contributed by atoms with Crippen molar-refractivity contribution in [3.8, 4) is 0 Å². The van der Waals surface area contributed by atoms with Crippen LogP contribution in [0.3, 0.4) is 0 Å². The highest BCUT2D eigenvalue weighted by Gasteiger charge is 2.32. The zero-order valence-electron chi connectivity index (χ0n) is 13.9. The Bertz CT molecular complexity index is 367. The molecule has 0 aromatic heterocycles. The van der Waals surface area contributed by atoms with E-state index in [4.69, 9.17) is 0 Å². The Labute approximate surface area is 120 Å². The molecule has 5 heteroatoms. The van der Waals surface area contributed by atoms with Gasteiger partial charge in [0.1, 0.15) is 0 Å². The number of hydrogen-bond acceptors (Lipinski definition) is 3. The van der Waals surface area contributed by atoms with Crippen LogP contribution in [0.25, 0.3) is 0 Å². The molecule has 0 bridgehead atoms. The maximum Gasteiger partial charge on any atom is 0.214 e. The lowest BCUT2D eigenvalue weighted by Gasteiger charge is -2.33. The minimum absolute atomic E-state index is 0.140. The third-order valence-electron chi connectivity index (χ3n) is 2.92. The zero-order chi connectivity index (χ0) is 15.5. The molecule has 4 nitrogen and oxygen atoms in total. The van der Waals surface area contributed by atoms with Gasteiger partial charge in [-0.15, -0.1) is 0 Å². The summed E-state index contributed by atoms with van der Waals surface area (Å²) in [5.41, 5.74) is -0.0648. The van der Waals surface area contributed by atoms with Gasteiger partial charge in [0.25, 0.3) is 0 Å². The van der Waals surface area contributed by atoms with Crippen molar-refractivity contribution >= 4 is 10.0 Å². The predicted octanol–water partition coefficient (Wildman–Crippen LogP) is 2.27. The van der Waals surface area contributed by atoms with Crippen molar-refractivity contribution in [1.29, 1.82) is 0 Å². The van der Waals surface area contributed by atoms with Crippen molar-refractivity contribution in [3.05, 3.63) is 0 Å². The molecule has 19 heavy (non-hydrogen) atoms. The van der Waals surface area contributed by atoms with Crippen molar-refractivity contribution in [3.63, 3.8) is 0 Å². The Kier molecular flexibility index (Phi) is 6.50. The van der Waals surface area contributed by atoms with E-state index in [1.165, 1.54) is 4.31 Å². The monoisotopic (exact) mass is 292 g/mol. The van der Waals surface area contributed by atoms with E-state index in [9.17, 15) is 8.42 Å². The molecule has 0 aliphatic rings. The number of likely N-dealkylation sites (N-methyl/N-ethyl adjacent to an activating group) is 2. The highest BCUT2D eigenvalue weighted by atomic mass is 32.2. The largest absolute Gasteiger partial charge is 0.308 e. The van der Waals surface area contributed by atoms with Gasteiger partial charge in [0.15, 0.2) is 0 Å². The maximum absolute atomic E-state index is 12.4. The van der Waals surface area contributed by atoms with Gasteiger partial charge in [-0.05, 0) is 31.3 Å². The number of hydrogen-bond donors (Lipinski definition) is 0. The third-order valence-corrected chi connectivity index (χ3v) is 5.20. The van der Waals surface area contributed by atoms with E-state index in [0.29, 0.717) is 6.54 Å². The van der Waals surface area contributed by atoms with E-state index in [-0.39, 0.29) is 16.6 Å². The third kappa shape index (κ3) is 8.60. The molecule has 116 valence electrons. The number of nitrogens with zero attached hydrogens (tertiary/aromatic N) is 2. The second-order valence-corrected chi connectivity index (χ2v) is 9.86. The van der Waals surface area contributed by atoms with Crippen molar-refractivity contribution in [2.75, 3.05) is 40.0 Å². The van der Waals surface area contributed by atoms with Gasteiger partial charge in [0.2, 0.25) is 10.0 Å². The summed E-state index contributed by atoms with van der Waals surface area (Å²) in [6.07, 6.45) is 0.890. The van der Waals surface area contributed by atoms with Gasteiger partial charge in [-0.1, -0.05) is 34.6 Å². The fourth-order valence-electron chi connectivity index (χ4n) is 2.57. The van der Waals surface area contributed by atoms with Gasteiger partial charge in [-0.3, -0.25) is 0 Å². The standard InChI is InChI=1S/C14H32N2O2S/c1-13(2,3)11-14(4,5)12-19(17,18)16(8)10-9-15(6)7/h9-12H2,1-8H3. The van der Waals surface area contributed by atoms with E-state index in [2.05, 4.69) is 20.8 Å². The first kappa shape index (κ1) is 18.9. The molecular formula is C14H32N2O2S. The Morgan fingerprint density at radius 2 is 1.37 bits per heavy atom. The average Bonchev–Trinajstić information content (AvgIpc) is 2.07. The van der Waals surface area contributed by atoms with Crippen LogP contribution in [0.2, 0.25) is 0 Å². The van der Waals surface area contributed by atoms with Crippen LogP contribution in [0, 0.1) is 10.8 Å². The van der Waals surface area contributed by atoms with Crippen molar-refractivity contribution < 1.29 is 8.42 Å². The number of rotatable bonds is 7. The van der Waals surface area contributed by atoms with Crippen LogP contribution >= 0.6 is 0 Å². The summed E-state index contributed by atoms with van der Waals surface area (Å²) >= 11 is 0. The van der Waals surface area contributed by atoms with Gasteiger partial charge in [0, 0.05) is 20.1 Å². The van der Waals surface area contributed by atoms with Crippen LogP contribution < -0.4 is 0 Å². The zero-order valence-corrected chi connectivity index (χ0v) is 14.8. The molecule has 0 aliphatic carbocycles. The van der Waals surface area contributed by atoms with Gasteiger partial charge < -0.3 is 4.90 Å². The lowest BCUT2D eigenvalue weighted by Crippen LogP contribution is -2.39. The predicted molar refractivity (Wildman–Crippen MR) is 82.8 cm³/mol. The first-order chi connectivity index (χ1) is 8.25. The summed E-state index contributed by atoms with van der Waals surface area (Å²) in [6, 6.07) is 0. The van der Waals surface area contributed by atoms with E-state index in [0.717, 1.165) is 13.0 Å². The Hall–Kier alpha value is -0.130. The smallest absolute Gasteiger partial charge is 0.214 e. The molecule has 0 fully saturated rings. The van der Waals surface area contributed by atoms with E-state index < -0.39 is 10.0 Å². The first-order valence-corrected chi connectivity index (χ1v) is 8.45. The average molecular weight is 292 g/mol. The van der Waals surface area contributed by atoms with Crippen molar-refractivity contribution in [1.82, 2.24) is 9.21 Å². The molecular weight excluding hydrogens is 260 g/mol. The summed E-state index contributed by atoms with van der Waals surface area (Å²) < 4.78 is 26.2. The summed E-state index contributed by atoms with van der Waals surface area (Å²) in [7, 11) is 2.39. The summed E-state index contributed by atoms with van der Waals surface area (Å²) in [4.78, 5) is 1.99. The van der Waals surface area contributed by atoms with Crippen LogP contribution in [0.4, 0.5) is 0 Å². The van der Waals surface area contributed by atoms with Crippen LogP contribution in [0.5, 0.6) is 0 Å². The van der Waals surface area contributed by atoms with Gasteiger partial charge in [0.05, 0.1) is 5.75 Å². The molecule has 0 atom stereocenters. The highest BCUT2D eigenvalue weighted by Crippen LogP contribution is 2.34. The lowest BCUT2D eigenvalue weighted by molar-refractivity contribution is 0.233. The van der Waals surface area contributed by atoms with Crippen molar-refractivity contribution in [2.45, 2.75) is 41.0 Å². The van der Waals surface area contributed by atoms with Gasteiger partial charge in [-0.25, -0.2) is 12.7 Å². The minimum atomic E-state index is -3.18. The molecule has 0 rings (SSSR count). The van der Waals surface area contributed by atoms with Crippen LogP contribution in [-0.2, 0) is 10.0 Å². The van der Waals surface area contributed by atoms with Crippen molar-refractivity contribution in [2.24, 2.45) is 10.8 Å². The highest BCUT2D eigenvalue weighted by molar-refractivity contribution is 7.89. The minimum Gasteiger partial charge on any atom is -0.308 e. The first-order valence-electron chi connectivity index (χ1n) is 6.84. The lowest BCUT2D eigenvalue weighted by atomic mass is 9.77. The van der Waals surface area contributed by atoms with Gasteiger partial charge >= 0.3 is 0 Å². The molecule has 0 heterocycles. The summed E-state index contributed by atoms with van der Waals surface area (Å²) in [5.74, 6) is 0.210. The molecule has 0 aromatic rings. The van der Waals surface area contributed by atoms with E-state index >= 15 is 0 Å². The molecule has 0 N–H and O–H groups in total. The van der Waals surface area contributed by atoms with Crippen LogP contribution in [0.1, 0.15) is 41.0 Å². The fourth-order valence-corrected chi connectivity index (χ4v) is 4.24. The SMILES string of the molecule is CN(C)CCN(C)S(=O)(=O)CC(C)(C)CC(C)(C)C. The Morgan fingerprint density at radius 1 is 0.895 bits per heavy atom. The molecule has 0 spiro atoms. The number of sulfonamides is 1. The van der Waals surface area contributed by atoms with E-state index in [1.54, 1.807) is 7.05 Å². The Morgan fingerprint density at radius 3 is 1.74 bits per heavy atom. The molecule has 0 aromatic carbocycles. The topological polar surface area (TPSA) is 40.6 Å². The van der Waals surface area contributed by atoms with Gasteiger partial charge in [-0.2, -0.15) is 0 Å². The van der Waals surface area contributed by atoms with Crippen LogP contribution in [0.15, 0.2) is 0 Å². The maximum atomic E-state index is 12.4. The molecule has 0 saturated heterocycles. The molecule has 0 unspecified atom stereocenters. The summed E-state index contributed by atoms with van der Waals surface area (Å²) in [6.45, 7) is 11.8. The summed E-state index contributed by atoms with van der Waals surface area (Å²) in [5, 5.41) is 0.